The zero-order valence-electron chi connectivity index (χ0n) is 13.5. The number of amides is 1. The molecule has 1 aromatic heterocycles. The van der Waals surface area contributed by atoms with E-state index in [1.807, 2.05) is 36.1 Å². The van der Waals surface area contributed by atoms with E-state index < -0.39 is 0 Å². The van der Waals surface area contributed by atoms with Gasteiger partial charge in [-0.3, -0.25) is 4.79 Å². The Kier molecular flexibility index (Phi) is 4.52. The Bertz CT molecular complexity index is 695. The molecule has 1 N–H and O–H groups in total. The van der Waals surface area contributed by atoms with Crippen LogP contribution in [-0.4, -0.2) is 58.9 Å². The van der Waals surface area contributed by atoms with Crippen LogP contribution in [0.3, 0.4) is 0 Å². The fraction of sp³-hybridized carbons (Fsp3) is 0.353. The van der Waals surface area contributed by atoms with E-state index >= 15 is 0 Å². The van der Waals surface area contributed by atoms with Crippen LogP contribution < -0.4 is 5.32 Å². The van der Waals surface area contributed by atoms with Crippen LogP contribution in [0.5, 0.6) is 0 Å². The van der Waals surface area contributed by atoms with E-state index in [-0.39, 0.29) is 5.91 Å². The van der Waals surface area contributed by atoms with E-state index in [1.54, 1.807) is 12.3 Å². The predicted molar refractivity (Wildman–Crippen MR) is 89.9 cm³/mol. The summed E-state index contributed by atoms with van der Waals surface area (Å²) >= 11 is 0. The lowest BCUT2D eigenvalue weighted by molar-refractivity contribution is 0.0658. The van der Waals surface area contributed by atoms with Crippen LogP contribution in [0.25, 0.3) is 0 Å². The third kappa shape index (κ3) is 3.84. The van der Waals surface area contributed by atoms with Gasteiger partial charge in [0.15, 0.2) is 0 Å². The van der Waals surface area contributed by atoms with Crippen molar-refractivity contribution in [2.24, 2.45) is 0 Å². The SMILES string of the molecule is Cc1cccc(Nc2nccc(C(=O)N3CCN(C)CC3)n2)c1. The summed E-state index contributed by atoms with van der Waals surface area (Å²) < 4.78 is 0. The molecule has 3 rings (SSSR count). The van der Waals surface area contributed by atoms with Gasteiger partial charge in [0.2, 0.25) is 5.95 Å². The molecule has 6 nitrogen and oxygen atoms in total. The number of aryl methyl sites for hydroxylation is 1. The number of aromatic nitrogens is 2. The molecule has 0 spiro atoms. The van der Waals surface area contributed by atoms with Gasteiger partial charge in [0, 0.05) is 38.1 Å². The largest absolute Gasteiger partial charge is 0.335 e. The van der Waals surface area contributed by atoms with E-state index in [0.717, 1.165) is 37.4 Å². The number of nitrogens with zero attached hydrogens (tertiary/aromatic N) is 4. The first-order valence-corrected chi connectivity index (χ1v) is 7.76. The van der Waals surface area contributed by atoms with Gasteiger partial charge >= 0.3 is 0 Å². The van der Waals surface area contributed by atoms with E-state index in [0.29, 0.717) is 11.6 Å². The van der Waals surface area contributed by atoms with Crippen molar-refractivity contribution in [1.29, 1.82) is 0 Å². The summed E-state index contributed by atoms with van der Waals surface area (Å²) in [5.74, 6) is 0.406. The number of piperazine rings is 1. The van der Waals surface area contributed by atoms with Crippen molar-refractivity contribution >= 4 is 17.5 Å². The van der Waals surface area contributed by atoms with Gasteiger partial charge in [-0.1, -0.05) is 12.1 Å². The molecule has 1 aromatic carbocycles. The van der Waals surface area contributed by atoms with E-state index in [4.69, 9.17) is 0 Å². The van der Waals surface area contributed by atoms with Gasteiger partial charge in [-0.05, 0) is 37.7 Å². The van der Waals surface area contributed by atoms with Crippen LogP contribution in [0.15, 0.2) is 36.5 Å². The highest BCUT2D eigenvalue weighted by atomic mass is 16.2. The van der Waals surface area contributed by atoms with Crippen molar-refractivity contribution in [3.05, 3.63) is 47.8 Å². The quantitative estimate of drug-likeness (QED) is 0.938. The first-order valence-electron chi connectivity index (χ1n) is 7.76. The lowest BCUT2D eigenvalue weighted by Gasteiger charge is -2.32. The Morgan fingerprint density at radius 3 is 2.70 bits per heavy atom. The Hall–Kier alpha value is -2.47. The normalized spacial score (nSPS) is 15.5. The van der Waals surface area contributed by atoms with Gasteiger partial charge in [0.25, 0.3) is 5.91 Å². The monoisotopic (exact) mass is 311 g/mol. The molecule has 1 aliphatic rings. The molecule has 0 unspecified atom stereocenters. The summed E-state index contributed by atoms with van der Waals surface area (Å²) in [6, 6.07) is 9.63. The molecule has 0 aliphatic carbocycles. The molecule has 1 saturated heterocycles. The molecular formula is C17H21N5O. The van der Waals surface area contributed by atoms with E-state index in [9.17, 15) is 4.79 Å². The molecule has 2 aromatic rings. The minimum absolute atomic E-state index is 0.0345. The average Bonchev–Trinajstić information content (AvgIpc) is 2.55. The maximum absolute atomic E-state index is 12.6. The number of rotatable bonds is 3. The number of hydrogen-bond donors (Lipinski definition) is 1. The van der Waals surface area contributed by atoms with Crippen molar-refractivity contribution in [3.63, 3.8) is 0 Å². The fourth-order valence-electron chi connectivity index (χ4n) is 2.56. The molecule has 6 heteroatoms. The highest BCUT2D eigenvalue weighted by Crippen LogP contribution is 2.15. The lowest BCUT2D eigenvalue weighted by atomic mass is 10.2. The minimum Gasteiger partial charge on any atom is -0.335 e. The van der Waals surface area contributed by atoms with Crippen LogP contribution >= 0.6 is 0 Å². The van der Waals surface area contributed by atoms with Gasteiger partial charge in [-0.15, -0.1) is 0 Å². The number of carbonyl (C=O) groups excluding carboxylic acids is 1. The van der Waals surface area contributed by atoms with Crippen molar-refractivity contribution < 1.29 is 4.79 Å². The Morgan fingerprint density at radius 1 is 1.17 bits per heavy atom. The topological polar surface area (TPSA) is 61.4 Å². The van der Waals surface area contributed by atoms with Crippen LogP contribution in [0.2, 0.25) is 0 Å². The van der Waals surface area contributed by atoms with Crippen molar-refractivity contribution in [2.45, 2.75) is 6.92 Å². The fourth-order valence-corrected chi connectivity index (χ4v) is 2.56. The molecule has 23 heavy (non-hydrogen) atoms. The maximum Gasteiger partial charge on any atom is 0.272 e. The Morgan fingerprint density at radius 2 is 1.96 bits per heavy atom. The molecule has 0 atom stereocenters. The number of hydrogen-bond acceptors (Lipinski definition) is 5. The van der Waals surface area contributed by atoms with Crippen molar-refractivity contribution in [1.82, 2.24) is 19.8 Å². The second-order valence-corrected chi connectivity index (χ2v) is 5.86. The highest BCUT2D eigenvalue weighted by Gasteiger charge is 2.21. The summed E-state index contributed by atoms with van der Waals surface area (Å²) in [7, 11) is 2.07. The summed E-state index contributed by atoms with van der Waals surface area (Å²) in [5, 5.41) is 3.15. The maximum atomic E-state index is 12.6. The van der Waals surface area contributed by atoms with E-state index in [2.05, 4.69) is 27.2 Å². The zero-order valence-corrected chi connectivity index (χ0v) is 13.5. The number of anilines is 2. The third-order valence-electron chi connectivity index (χ3n) is 3.94. The van der Waals surface area contributed by atoms with Crippen LogP contribution in [-0.2, 0) is 0 Å². The molecule has 0 radical (unpaired) electrons. The number of likely N-dealkylation sites (N-methyl/N-ethyl adjacent to an activating group) is 1. The number of nitrogens with one attached hydrogen (secondary N) is 1. The summed E-state index contributed by atoms with van der Waals surface area (Å²) in [6.07, 6.45) is 1.62. The Balaban J connectivity index is 1.73. The first kappa shape index (κ1) is 15.4. The molecule has 1 amide bonds. The molecular weight excluding hydrogens is 290 g/mol. The smallest absolute Gasteiger partial charge is 0.272 e. The van der Waals surface area contributed by atoms with Gasteiger partial charge in [0.1, 0.15) is 5.69 Å². The predicted octanol–water partition coefficient (Wildman–Crippen LogP) is 1.92. The molecule has 0 bridgehead atoms. The standard InChI is InChI=1S/C17H21N5O/c1-13-4-3-5-14(12-13)19-17-18-7-6-15(20-17)16(23)22-10-8-21(2)9-11-22/h3-7,12H,8-11H2,1-2H3,(H,18,19,20). The van der Waals surface area contributed by atoms with Crippen LogP contribution in [0.4, 0.5) is 11.6 Å². The molecule has 120 valence electrons. The van der Waals surface area contributed by atoms with Crippen LogP contribution in [0.1, 0.15) is 16.1 Å². The summed E-state index contributed by atoms with van der Waals surface area (Å²) in [4.78, 5) is 25.2. The zero-order chi connectivity index (χ0) is 16.2. The van der Waals surface area contributed by atoms with Gasteiger partial charge in [0.05, 0.1) is 0 Å². The van der Waals surface area contributed by atoms with E-state index in [1.165, 1.54) is 0 Å². The number of benzene rings is 1. The first-order chi connectivity index (χ1) is 11.1. The van der Waals surface area contributed by atoms with Crippen molar-refractivity contribution in [2.75, 3.05) is 38.5 Å². The molecule has 0 saturated carbocycles. The van der Waals surface area contributed by atoms with Crippen LogP contribution in [0, 0.1) is 6.92 Å². The van der Waals surface area contributed by atoms with Gasteiger partial charge < -0.3 is 15.1 Å². The van der Waals surface area contributed by atoms with Gasteiger partial charge in [-0.25, -0.2) is 9.97 Å². The second kappa shape index (κ2) is 6.75. The molecule has 1 aliphatic heterocycles. The Labute approximate surface area is 136 Å². The molecule has 2 heterocycles. The lowest BCUT2D eigenvalue weighted by Crippen LogP contribution is -2.47. The highest BCUT2D eigenvalue weighted by molar-refractivity contribution is 5.92. The molecule has 1 fully saturated rings. The average molecular weight is 311 g/mol. The summed E-state index contributed by atoms with van der Waals surface area (Å²) in [6.45, 7) is 5.29. The second-order valence-electron chi connectivity index (χ2n) is 5.86. The van der Waals surface area contributed by atoms with Gasteiger partial charge in [-0.2, -0.15) is 0 Å². The third-order valence-corrected chi connectivity index (χ3v) is 3.94. The van der Waals surface area contributed by atoms with Crippen molar-refractivity contribution in [3.8, 4) is 0 Å². The minimum atomic E-state index is -0.0345. The number of carbonyl (C=O) groups is 1. The summed E-state index contributed by atoms with van der Waals surface area (Å²) in [5.41, 5.74) is 2.49.